The third kappa shape index (κ3) is 3.22. The van der Waals surface area contributed by atoms with Crippen LogP contribution < -0.4 is 0 Å². The van der Waals surface area contributed by atoms with Crippen LogP contribution in [0.1, 0.15) is 51.4 Å². The second kappa shape index (κ2) is 6.42. The van der Waals surface area contributed by atoms with Crippen LogP contribution >= 0.6 is 0 Å². The van der Waals surface area contributed by atoms with Crippen LogP contribution in [0, 0.1) is 17.8 Å². The molecule has 0 spiro atoms. The second-order valence-electron chi connectivity index (χ2n) is 8.02. The van der Waals surface area contributed by atoms with Crippen LogP contribution in [0.25, 0.3) is 0 Å². The summed E-state index contributed by atoms with van der Waals surface area (Å²) in [7, 11) is 0. The highest BCUT2D eigenvalue weighted by Crippen LogP contribution is 2.43. The average Bonchev–Trinajstić information content (AvgIpc) is 3.02. The molecular weight excluding hydrogens is 256 g/mol. The number of piperazine rings is 1. The van der Waals surface area contributed by atoms with Gasteiger partial charge in [-0.3, -0.25) is 4.90 Å². The normalized spacial score (nSPS) is 39.0. The van der Waals surface area contributed by atoms with Gasteiger partial charge in [0.1, 0.15) is 0 Å². The quantitative estimate of drug-likeness (QED) is 0.579. The van der Waals surface area contributed by atoms with Crippen LogP contribution in [0.5, 0.6) is 0 Å². The van der Waals surface area contributed by atoms with E-state index in [4.69, 9.17) is 0 Å². The molecule has 0 unspecified atom stereocenters. The molecule has 1 heterocycles. The summed E-state index contributed by atoms with van der Waals surface area (Å²) in [5, 5.41) is 0. The highest BCUT2D eigenvalue weighted by Gasteiger charge is 2.36. The first-order valence-corrected chi connectivity index (χ1v) is 9.53. The lowest BCUT2D eigenvalue weighted by molar-refractivity contribution is 0.0770. The zero-order valence-electron chi connectivity index (χ0n) is 13.6. The molecule has 3 aliphatic carbocycles. The third-order valence-corrected chi connectivity index (χ3v) is 6.66. The molecule has 2 bridgehead atoms. The average molecular weight is 288 g/mol. The van der Waals surface area contributed by atoms with Crippen molar-refractivity contribution in [2.45, 2.75) is 57.4 Å². The molecule has 2 saturated carbocycles. The zero-order chi connectivity index (χ0) is 14.1. The smallest absolute Gasteiger partial charge is 0.0113 e. The predicted molar refractivity (Wildman–Crippen MR) is 88.3 cm³/mol. The van der Waals surface area contributed by atoms with E-state index in [9.17, 15) is 0 Å². The van der Waals surface area contributed by atoms with E-state index in [1.54, 1.807) is 0 Å². The van der Waals surface area contributed by atoms with Crippen molar-refractivity contribution in [1.82, 2.24) is 9.80 Å². The van der Waals surface area contributed by atoms with Crippen molar-refractivity contribution in [2.75, 3.05) is 32.7 Å². The summed E-state index contributed by atoms with van der Waals surface area (Å²) in [5.41, 5.74) is 0. The number of allylic oxidation sites excluding steroid dienone is 2. The van der Waals surface area contributed by atoms with Crippen LogP contribution in [0.3, 0.4) is 0 Å². The van der Waals surface area contributed by atoms with Crippen molar-refractivity contribution < 1.29 is 0 Å². The van der Waals surface area contributed by atoms with Gasteiger partial charge in [0.15, 0.2) is 0 Å². The maximum Gasteiger partial charge on any atom is 0.0113 e. The molecule has 4 rings (SSSR count). The Balaban J connectivity index is 1.24. The fraction of sp³-hybridized carbons (Fsp3) is 0.895. The van der Waals surface area contributed by atoms with Crippen molar-refractivity contribution in [2.24, 2.45) is 17.8 Å². The number of fused-ring (bicyclic) bond motifs is 2. The predicted octanol–water partition coefficient (Wildman–Crippen LogP) is 3.54. The molecule has 0 N–H and O–H groups in total. The third-order valence-electron chi connectivity index (χ3n) is 6.66. The molecule has 118 valence electrons. The first kappa shape index (κ1) is 14.3. The summed E-state index contributed by atoms with van der Waals surface area (Å²) in [6.45, 7) is 6.70. The van der Waals surface area contributed by atoms with Crippen LogP contribution in [0.4, 0.5) is 0 Å². The summed E-state index contributed by atoms with van der Waals surface area (Å²) in [6.07, 6.45) is 16.8. The van der Waals surface area contributed by atoms with E-state index in [-0.39, 0.29) is 0 Å². The van der Waals surface area contributed by atoms with Gasteiger partial charge in [-0.2, -0.15) is 0 Å². The van der Waals surface area contributed by atoms with Crippen LogP contribution in [0.2, 0.25) is 0 Å². The summed E-state index contributed by atoms with van der Waals surface area (Å²) in [5.74, 6) is 2.84. The molecule has 4 aliphatic rings. The molecule has 1 aliphatic heterocycles. The summed E-state index contributed by atoms with van der Waals surface area (Å²) in [6, 6.07) is 0.917. The Morgan fingerprint density at radius 2 is 1.57 bits per heavy atom. The Morgan fingerprint density at radius 1 is 0.810 bits per heavy atom. The van der Waals surface area contributed by atoms with Crippen molar-refractivity contribution in [3.05, 3.63) is 12.2 Å². The molecule has 0 aromatic rings. The summed E-state index contributed by atoms with van der Waals surface area (Å²) >= 11 is 0. The monoisotopic (exact) mass is 288 g/mol. The van der Waals surface area contributed by atoms with Crippen molar-refractivity contribution in [1.29, 1.82) is 0 Å². The van der Waals surface area contributed by atoms with Gasteiger partial charge in [0.2, 0.25) is 0 Å². The molecule has 0 amide bonds. The van der Waals surface area contributed by atoms with E-state index in [2.05, 4.69) is 22.0 Å². The van der Waals surface area contributed by atoms with Gasteiger partial charge in [-0.15, -0.1) is 0 Å². The Morgan fingerprint density at radius 3 is 2.19 bits per heavy atom. The molecule has 1 saturated heterocycles. The van der Waals surface area contributed by atoms with Crippen LogP contribution in [0.15, 0.2) is 12.2 Å². The summed E-state index contributed by atoms with van der Waals surface area (Å²) in [4.78, 5) is 5.59. The Kier molecular flexibility index (Phi) is 4.36. The summed E-state index contributed by atoms with van der Waals surface area (Å²) < 4.78 is 0. The minimum Gasteiger partial charge on any atom is -0.300 e. The molecular formula is C19H32N2. The highest BCUT2D eigenvalue weighted by molar-refractivity contribution is 5.10. The maximum atomic E-state index is 2.82. The number of nitrogens with zero attached hydrogens (tertiary/aromatic N) is 2. The lowest BCUT2D eigenvalue weighted by Gasteiger charge is -2.40. The van der Waals surface area contributed by atoms with Gasteiger partial charge < -0.3 is 4.90 Å². The topological polar surface area (TPSA) is 6.48 Å². The number of hydrogen-bond acceptors (Lipinski definition) is 2. The maximum absolute atomic E-state index is 2.82. The van der Waals surface area contributed by atoms with E-state index in [1.165, 1.54) is 84.1 Å². The second-order valence-corrected chi connectivity index (χ2v) is 8.02. The lowest BCUT2D eigenvalue weighted by atomic mass is 9.93. The standard InChI is InChI=1S/C19H32N2/c1-2-4-6-19(5-3-1)21-11-9-20(10-12-21)15-18-14-16-7-8-17(18)13-16/h7-8,16-19H,1-6,9-15H2/t16-,17-,18-/m0/s1. The SMILES string of the molecule is C1=C[C@H]2C[C@H]1C[C@H]2CN1CCN(C2CCCCCC2)CC1. The minimum absolute atomic E-state index is 0.917. The van der Waals surface area contributed by atoms with E-state index < -0.39 is 0 Å². The van der Waals surface area contributed by atoms with Crippen LogP contribution in [-0.2, 0) is 0 Å². The van der Waals surface area contributed by atoms with Crippen molar-refractivity contribution in [3.63, 3.8) is 0 Å². The Labute approximate surface area is 130 Å². The van der Waals surface area contributed by atoms with Gasteiger partial charge in [0, 0.05) is 38.8 Å². The molecule has 2 nitrogen and oxygen atoms in total. The lowest BCUT2D eigenvalue weighted by Crippen LogP contribution is -2.51. The van der Waals surface area contributed by atoms with Gasteiger partial charge >= 0.3 is 0 Å². The molecule has 0 aromatic heterocycles. The highest BCUT2D eigenvalue weighted by atomic mass is 15.3. The van der Waals surface area contributed by atoms with E-state index in [1.807, 2.05) is 0 Å². The van der Waals surface area contributed by atoms with E-state index >= 15 is 0 Å². The molecule has 0 radical (unpaired) electrons. The largest absolute Gasteiger partial charge is 0.300 e. The molecule has 21 heavy (non-hydrogen) atoms. The van der Waals surface area contributed by atoms with Gasteiger partial charge in [0.05, 0.1) is 0 Å². The van der Waals surface area contributed by atoms with Crippen LogP contribution in [-0.4, -0.2) is 48.6 Å². The number of hydrogen-bond donors (Lipinski definition) is 0. The van der Waals surface area contributed by atoms with Crippen molar-refractivity contribution >= 4 is 0 Å². The zero-order valence-corrected chi connectivity index (χ0v) is 13.6. The fourth-order valence-corrected chi connectivity index (χ4v) is 5.37. The van der Waals surface area contributed by atoms with Crippen molar-refractivity contribution in [3.8, 4) is 0 Å². The van der Waals surface area contributed by atoms with Gasteiger partial charge in [0.25, 0.3) is 0 Å². The minimum atomic E-state index is 0.917. The molecule has 0 aromatic carbocycles. The van der Waals surface area contributed by atoms with Gasteiger partial charge in [-0.1, -0.05) is 37.8 Å². The van der Waals surface area contributed by atoms with E-state index in [0.717, 1.165) is 23.8 Å². The first-order valence-electron chi connectivity index (χ1n) is 9.53. The molecule has 3 atom stereocenters. The van der Waals surface area contributed by atoms with E-state index in [0.29, 0.717) is 0 Å². The number of rotatable bonds is 3. The van der Waals surface area contributed by atoms with Gasteiger partial charge in [-0.25, -0.2) is 0 Å². The van der Waals surface area contributed by atoms with Gasteiger partial charge in [-0.05, 0) is 43.4 Å². The first-order chi connectivity index (χ1) is 10.4. The molecule has 3 fully saturated rings. The Hall–Kier alpha value is -0.340. The fourth-order valence-electron chi connectivity index (χ4n) is 5.37. The Bertz CT molecular complexity index is 362. The molecule has 2 heteroatoms.